The SMILES string of the molecule is O=C1c2ccccc2C(=O)[15N]1CC1CCCO1. The molecule has 0 N–H and O–H groups in total. The van der Waals surface area contributed by atoms with Crippen molar-refractivity contribution in [2.24, 2.45) is 0 Å². The average molecular weight is 232 g/mol. The zero-order valence-corrected chi connectivity index (χ0v) is 9.39. The molecule has 17 heavy (non-hydrogen) atoms. The highest BCUT2D eigenvalue weighted by molar-refractivity contribution is 6.21. The molecule has 1 saturated heterocycles. The van der Waals surface area contributed by atoms with Gasteiger partial charge in [0.15, 0.2) is 0 Å². The first kappa shape index (κ1) is 10.5. The van der Waals surface area contributed by atoms with Crippen LogP contribution in [-0.2, 0) is 4.74 Å². The lowest BCUT2D eigenvalue weighted by molar-refractivity contribution is 0.0475. The molecule has 0 saturated carbocycles. The Morgan fingerprint density at radius 2 is 1.82 bits per heavy atom. The molecule has 2 amide bonds. The highest BCUT2D eigenvalue weighted by atomic mass is 16.5. The molecule has 4 nitrogen and oxygen atoms in total. The second-order valence-electron chi connectivity index (χ2n) is 4.40. The highest BCUT2D eigenvalue weighted by Gasteiger charge is 2.36. The molecule has 0 bridgehead atoms. The summed E-state index contributed by atoms with van der Waals surface area (Å²) < 4.78 is 5.46. The lowest BCUT2D eigenvalue weighted by atomic mass is 10.1. The van der Waals surface area contributed by atoms with E-state index < -0.39 is 0 Å². The summed E-state index contributed by atoms with van der Waals surface area (Å²) in [6, 6.07) is 6.95. The van der Waals surface area contributed by atoms with Crippen LogP contribution in [0.5, 0.6) is 0 Å². The van der Waals surface area contributed by atoms with Crippen molar-refractivity contribution in [1.82, 2.24) is 4.90 Å². The average Bonchev–Trinajstić information content (AvgIpc) is 2.94. The maximum Gasteiger partial charge on any atom is 0.261 e. The lowest BCUT2D eigenvalue weighted by Gasteiger charge is -2.17. The third-order valence-corrected chi connectivity index (χ3v) is 3.29. The predicted octanol–water partition coefficient (Wildman–Crippen LogP) is 1.46. The van der Waals surface area contributed by atoms with Crippen LogP contribution in [-0.4, -0.2) is 36.0 Å². The molecule has 0 spiro atoms. The molecule has 2 aliphatic rings. The van der Waals surface area contributed by atoms with Gasteiger partial charge in [0.05, 0.1) is 23.8 Å². The number of carbonyl (C=O) groups excluding carboxylic acids is 2. The van der Waals surface area contributed by atoms with Crippen LogP contribution < -0.4 is 0 Å². The fraction of sp³-hybridized carbons (Fsp3) is 0.385. The van der Waals surface area contributed by atoms with Crippen LogP contribution in [0.3, 0.4) is 0 Å². The zero-order chi connectivity index (χ0) is 11.8. The largest absolute Gasteiger partial charge is 0.376 e. The van der Waals surface area contributed by atoms with E-state index in [1.165, 1.54) is 4.90 Å². The molecule has 1 aromatic carbocycles. The van der Waals surface area contributed by atoms with E-state index in [1.807, 2.05) is 0 Å². The van der Waals surface area contributed by atoms with Gasteiger partial charge in [-0.2, -0.15) is 0 Å². The maximum atomic E-state index is 12.0. The molecule has 1 atom stereocenters. The van der Waals surface area contributed by atoms with Crippen LogP contribution in [0.2, 0.25) is 0 Å². The summed E-state index contributed by atoms with van der Waals surface area (Å²) in [4.78, 5) is 25.4. The van der Waals surface area contributed by atoms with Crippen molar-refractivity contribution in [1.29, 1.82) is 0 Å². The second-order valence-corrected chi connectivity index (χ2v) is 4.40. The molecular weight excluding hydrogens is 219 g/mol. The minimum atomic E-state index is -0.193. The van der Waals surface area contributed by atoms with E-state index in [0.717, 1.165) is 19.4 Å². The Morgan fingerprint density at radius 1 is 1.18 bits per heavy atom. The number of benzene rings is 1. The van der Waals surface area contributed by atoms with Gasteiger partial charge < -0.3 is 4.74 Å². The van der Waals surface area contributed by atoms with E-state index in [9.17, 15) is 9.59 Å². The van der Waals surface area contributed by atoms with Gasteiger partial charge in [-0.1, -0.05) is 12.1 Å². The van der Waals surface area contributed by atoms with Gasteiger partial charge in [-0.3, -0.25) is 14.5 Å². The van der Waals surface area contributed by atoms with Gasteiger partial charge >= 0.3 is 0 Å². The van der Waals surface area contributed by atoms with E-state index in [1.54, 1.807) is 24.3 Å². The Hall–Kier alpha value is -1.68. The smallest absolute Gasteiger partial charge is 0.261 e. The Labute approximate surface area is 99.2 Å². The number of carbonyl (C=O) groups is 2. The van der Waals surface area contributed by atoms with E-state index in [4.69, 9.17) is 4.74 Å². The van der Waals surface area contributed by atoms with Crippen molar-refractivity contribution in [3.05, 3.63) is 35.4 Å². The summed E-state index contributed by atoms with van der Waals surface area (Å²) in [5.74, 6) is -0.387. The van der Waals surface area contributed by atoms with Crippen molar-refractivity contribution in [2.75, 3.05) is 13.2 Å². The first-order valence-corrected chi connectivity index (χ1v) is 5.84. The van der Waals surface area contributed by atoms with E-state index in [2.05, 4.69) is 0 Å². The molecule has 2 heterocycles. The van der Waals surface area contributed by atoms with Gasteiger partial charge in [-0.05, 0) is 25.0 Å². The summed E-state index contributed by atoms with van der Waals surface area (Å²) in [5, 5.41) is 0. The van der Waals surface area contributed by atoms with Crippen molar-refractivity contribution in [3.63, 3.8) is 0 Å². The second kappa shape index (κ2) is 3.96. The molecule has 0 radical (unpaired) electrons. The first-order valence-electron chi connectivity index (χ1n) is 5.84. The number of hydrogen-bond donors (Lipinski definition) is 0. The summed E-state index contributed by atoms with van der Waals surface area (Å²) in [6.07, 6.45) is 1.94. The molecule has 0 aromatic heterocycles. The third kappa shape index (κ3) is 1.65. The summed E-state index contributed by atoms with van der Waals surface area (Å²) in [6.45, 7) is 1.11. The molecular formula is C13H13NO3. The minimum absolute atomic E-state index is 0.0113. The fourth-order valence-corrected chi connectivity index (χ4v) is 2.40. The van der Waals surface area contributed by atoms with Crippen molar-refractivity contribution < 1.29 is 14.3 Å². The van der Waals surface area contributed by atoms with E-state index in [-0.39, 0.29) is 17.9 Å². The quantitative estimate of drug-likeness (QED) is 0.573. The van der Waals surface area contributed by atoms with Crippen molar-refractivity contribution in [3.8, 4) is 0 Å². The maximum absolute atomic E-state index is 12.0. The van der Waals surface area contributed by atoms with Crippen LogP contribution in [0.15, 0.2) is 24.3 Å². The number of fused-ring (bicyclic) bond motifs is 1. The van der Waals surface area contributed by atoms with Crippen LogP contribution in [0.4, 0.5) is 0 Å². The van der Waals surface area contributed by atoms with Crippen LogP contribution in [0.25, 0.3) is 0 Å². The lowest BCUT2D eigenvalue weighted by Crippen LogP contribution is -2.36. The zero-order valence-electron chi connectivity index (χ0n) is 9.39. The summed E-state index contributed by atoms with van der Waals surface area (Å²) in [5.41, 5.74) is 1.02. The van der Waals surface area contributed by atoms with Crippen LogP contribution in [0, 0.1) is 0 Å². The van der Waals surface area contributed by atoms with Crippen LogP contribution >= 0.6 is 0 Å². The van der Waals surface area contributed by atoms with Gasteiger partial charge in [0.1, 0.15) is 0 Å². The fourth-order valence-electron chi connectivity index (χ4n) is 2.40. The number of rotatable bonds is 2. The number of hydrogen-bond acceptors (Lipinski definition) is 3. The summed E-state index contributed by atoms with van der Waals surface area (Å²) >= 11 is 0. The first-order chi connectivity index (χ1) is 8.27. The van der Waals surface area contributed by atoms with E-state index in [0.29, 0.717) is 17.7 Å². The molecule has 4 heteroatoms. The molecule has 1 fully saturated rings. The Kier molecular flexibility index (Phi) is 2.44. The van der Waals surface area contributed by atoms with Gasteiger partial charge in [-0.25, -0.2) is 0 Å². The number of ether oxygens (including phenoxy) is 1. The van der Waals surface area contributed by atoms with Gasteiger partial charge in [0.2, 0.25) is 0 Å². The van der Waals surface area contributed by atoms with E-state index >= 15 is 0 Å². The Morgan fingerprint density at radius 3 is 2.35 bits per heavy atom. The molecule has 1 unspecified atom stereocenters. The van der Waals surface area contributed by atoms with Crippen molar-refractivity contribution in [2.45, 2.75) is 18.9 Å². The van der Waals surface area contributed by atoms with Crippen molar-refractivity contribution >= 4 is 11.8 Å². The number of nitrogens with zero attached hydrogens (tertiary/aromatic N) is 1. The Bertz CT molecular complexity index is 442. The molecule has 88 valence electrons. The molecule has 1 aromatic rings. The molecule has 3 rings (SSSR count). The molecule has 0 aliphatic carbocycles. The monoisotopic (exact) mass is 232 g/mol. The number of amides is 2. The predicted molar refractivity (Wildman–Crippen MR) is 60.8 cm³/mol. The van der Waals surface area contributed by atoms with Gasteiger partial charge in [0.25, 0.3) is 11.8 Å². The highest BCUT2D eigenvalue weighted by Crippen LogP contribution is 2.24. The molecule has 2 aliphatic heterocycles. The van der Waals surface area contributed by atoms with Gasteiger partial charge in [-0.15, -0.1) is 0 Å². The minimum Gasteiger partial charge on any atom is -0.376 e. The van der Waals surface area contributed by atoms with Gasteiger partial charge in [0, 0.05) is 6.61 Å². The Balaban J connectivity index is 1.84. The van der Waals surface area contributed by atoms with Crippen LogP contribution in [0.1, 0.15) is 33.6 Å². The number of imide groups is 1. The summed E-state index contributed by atoms with van der Waals surface area (Å²) in [7, 11) is 0. The third-order valence-electron chi connectivity index (χ3n) is 3.29. The normalized spacial score (nSPS) is 23.3. The topological polar surface area (TPSA) is 46.6 Å². The standard InChI is InChI=1S/C13H13NO3/c15-12-10-5-1-2-6-11(10)13(16)14(12)8-9-4-3-7-17-9/h1-2,5-6,9H,3-4,7-8H2/i14+1.